The van der Waals surface area contributed by atoms with Gasteiger partial charge in [-0.1, -0.05) is 25.0 Å². The largest absolute Gasteiger partial charge is 0.327 e. The third-order valence-corrected chi connectivity index (χ3v) is 3.35. The van der Waals surface area contributed by atoms with Gasteiger partial charge >= 0.3 is 0 Å². The maximum atomic E-state index is 5.63. The van der Waals surface area contributed by atoms with E-state index < -0.39 is 0 Å². The van der Waals surface area contributed by atoms with E-state index in [0.717, 1.165) is 18.4 Å². The minimum Gasteiger partial charge on any atom is -0.327 e. The topological polar surface area (TPSA) is 26.0 Å². The number of rotatable bonds is 1. The molecule has 1 heteroatoms. The third-order valence-electron chi connectivity index (χ3n) is 3.35. The first-order valence-electron chi connectivity index (χ1n) is 5.02. The van der Waals surface area contributed by atoms with Crippen molar-refractivity contribution in [3.8, 4) is 0 Å². The zero-order chi connectivity index (χ0) is 9.14. The van der Waals surface area contributed by atoms with Crippen LogP contribution in [0.1, 0.15) is 40.0 Å². The van der Waals surface area contributed by atoms with Gasteiger partial charge in [-0.25, -0.2) is 0 Å². The van der Waals surface area contributed by atoms with E-state index in [2.05, 4.69) is 20.8 Å². The fourth-order valence-corrected chi connectivity index (χ4v) is 1.91. The standard InChI is InChI=1S/C11H21N/c1-8-4-5-11(6-9(8)2)10(3)7-12/h8-9H,4-7,12H2,1-3H3. The number of hydrogen-bond donors (Lipinski definition) is 1. The molecule has 2 unspecified atom stereocenters. The Morgan fingerprint density at radius 2 is 2.08 bits per heavy atom. The molecule has 1 aliphatic rings. The molecule has 0 aromatic heterocycles. The maximum Gasteiger partial charge on any atom is 0.0136 e. The first-order valence-corrected chi connectivity index (χ1v) is 5.02. The van der Waals surface area contributed by atoms with Crippen molar-refractivity contribution in [3.05, 3.63) is 11.1 Å². The van der Waals surface area contributed by atoms with Gasteiger partial charge in [0.1, 0.15) is 0 Å². The first kappa shape index (κ1) is 9.79. The molecule has 2 atom stereocenters. The molecule has 0 aromatic carbocycles. The summed E-state index contributed by atoms with van der Waals surface area (Å²) in [4.78, 5) is 0. The Kier molecular flexibility index (Phi) is 3.33. The summed E-state index contributed by atoms with van der Waals surface area (Å²) in [7, 11) is 0. The van der Waals surface area contributed by atoms with Crippen molar-refractivity contribution in [1.82, 2.24) is 0 Å². The van der Waals surface area contributed by atoms with Gasteiger partial charge in [0.05, 0.1) is 0 Å². The number of allylic oxidation sites excluding steroid dienone is 1. The Morgan fingerprint density at radius 3 is 2.58 bits per heavy atom. The molecule has 0 saturated heterocycles. The van der Waals surface area contributed by atoms with E-state index in [1.54, 1.807) is 5.57 Å². The van der Waals surface area contributed by atoms with Crippen LogP contribution in [0.2, 0.25) is 0 Å². The van der Waals surface area contributed by atoms with Gasteiger partial charge in [0.2, 0.25) is 0 Å². The molecule has 1 fully saturated rings. The average Bonchev–Trinajstić information content (AvgIpc) is 2.08. The normalized spacial score (nSPS) is 35.0. The van der Waals surface area contributed by atoms with E-state index in [1.165, 1.54) is 24.8 Å². The van der Waals surface area contributed by atoms with Crippen LogP contribution in [0.5, 0.6) is 0 Å². The van der Waals surface area contributed by atoms with Crippen LogP contribution in [0.25, 0.3) is 0 Å². The van der Waals surface area contributed by atoms with Crippen molar-refractivity contribution < 1.29 is 0 Å². The maximum absolute atomic E-state index is 5.63. The summed E-state index contributed by atoms with van der Waals surface area (Å²) in [6.07, 6.45) is 3.92. The monoisotopic (exact) mass is 167 g/mol. The summed E-state index contributed by atoms with van der Waals surface area (Å²) < 4.78 is 0. The van der Waals surface area contributed by atoms with Gasteiger partial charge in [-0.2, -0.15) is 0 Å². The number of nitrogens with two attached hydrogens (primary N) is 1. The quantitative estimate of drug-likeness (QED) is 0.597. The fraction of sp³-hybridized carbons (Fsp3) is 0.818. The van der Waals surface area contributed by atoms with Crippen LogP contribution in [-0.2, 0) is 0 Å². The second-order valence-corrected chi connectivity index (χ2v) is 4.29. The molecule has 0 bridgehead atoms. The molecule has 1 aliphatic carbocycles. The first-order chi connectivity index (χ1) is 5.65. The van der Waals surface area contributed by atoms with Crippen molar-refractivity contribution >= 4 is 0 Å². The lowest BCUT2D eigenvalue weighted by atomic mass is 9.77. The Balaban J connectivity index is 2.62. The van der Waals surface area contributed by atoms with Crippen LogP contribution in [0.4, 0.5) is 0 Å². The predicted octanol–water partition coefficient (Wildman–Crippen LogP) is 2.72. The van der Waals surface area contributed by atoms with Crippen LogP contribution in [0, 0.1) is 11.8 Å². The summed E-state index contributed by atoms with van der Waals surface area (Å²) in [6, 6.07) is 0. The van der Waals surface area contributed by atoms with Gasteiger partial charge in [-0.15, -0.1) is 0 Å². The van der Waals surface area contributed by atoms with Crippen molar-refractivity contribution in [2.45, 2.75) is 40.0 Å². The van der Waals surface area contributed by atoms with Gasteiger partial charge in [-0.05, 0) is 38.0 Å². The van der Waals surface area contributed by atoms with E-state index in [1.807, 2.05) is 0 Å². The lowest BCUT2D eigenvalue weighted by Crippen LogP contribution is -2.17. The summed E-state index contributed by atoms with van der Waals surface area (Å²) >= 11 is 0. The van der Waals surface area contributed by atoms with Crippen LogP contribution in [0.3, 0.4) is 0 Å². The molecule has 0 aliphatic heterocycles. The molecule has 0 spiro atoms. The lowest BCUT2D eigenvalue weighted by Gasteiger charge is -2.28. The van der Waals surface area contributed by atoms with E-state index in [9.17, 15) is 0 Å². The van der Waals surface area contributed by atoms with Crippen LogP contribution < -0.4 is 5.73 Å². The third kappa shape index (κ3) is 2.10. The summed E-state index contributed by atoms with van der Waals surface area (Å²) in [5.74, 6) is 1.76. The van der Waals surface area contributed by atoms with Crippen molar-refractivity contribution in [2.75, 3.05) is 6.54 Å². The van der Waals surface area contributed by atoms with Gasteiger partial charge in [-0.3, -0.25) is 0 Å². The summed E-state index contributed by atoms with van der Waals surface area (Å²) in [6.45, 7) is 7.64. The highest BCUT2D eigenvalue weighted by molar-refractivity contribution is 5.15. The number of hydrogen-bond acceptors (Lipinski definition) is 1. The van der Waals surface area contributed by atoms with Gasteiger partial charge < -0.3 is 5.73 Å². The predicted molar refractivity (Wildman–Crippen MR) is 53.9 cm³/mol. The highest BCUT2D eigenvalue weighted by Gasteiger charge is 2.20. The van der Waals surface area contributed by atoms with Crippen molar-refractivity contribution in [1.29, 1.82) is 0 Å². The van der Waals surface area contributed by atoms with E-state index in [4.69, 9.17) is 5.73 Å². The molecular weight excluding hydrogens is 146 g/mol. The molecule has 1 saturated carbocycles. The highest BCUT2D eigenvalue weighted by atomic mass is 14.5. The molecule has 1 nitrogen and oxygen atoms in total. The van der Waals surface area contributed by atoms with Crippen LogP contribution in [0.15, 0.2) is 11.1 Å². The second kappa shape index (κ2) is 4.08. The smallest absolute Gasteiger partial charge is 0.0136 e. The minimum absolute atomic E-state index is 0.746. The van der Waals surface area contributed by atoms with Gasteiger partial charge in [0.15, 0.2) is 0 Å². The zero-order valence-electron chi connectivity index (χ0n) is 8.56. The Labute approximate surface area is 76.0 Å². The van der Waals surface area contributed by atoms with Gasteiger partial charge in [0.25, 0.3) is 0 Å². The fourth-order valence-electron chi connectivity index (χ4n) is 1.91. The molecule has 70 valence electrons. The van der Waals surface area contributed by atoms with E-state index in [-0.39, 0.29) is 0 Å². The second-order valence-electron chi connectivity index (χ2n) is 4.29. The molecule has 0 heterocycles. The Morgan fingerprint density at radius 1 is 1.42 bits per heavy atom. The van der Waals surface area contributed by atoms with Crippen molar-refractivity contribution in [2.24, 2.45) is 17.6 Å². The zero-order valence-corrected chi connectivity index (χ0v) is 8.56. The minimum atomic E-state index is 0.746. The Bertz CT molecular complexity index is 181. The van der Waals surface area contributed by atoms with Crippen molar-refractivity contribution in [3.63, 3.8) is 0 Å². The summed E-state index contributed by atoms with van der Waals surface area (Å²) in [5.41, 5.74) is 8.68. The molecule has 12 heavy (non-hydrogen) atoms. The Hall–Kier alpha value is -0.300. The molecular formula is C11H21N. The molecule has 0 aromatic rings. The highest BCUT2D eigenvalue weighted by Crippen LogP contribution is 2.33. The van der Waals surface area contributed by atoms with E-state index in [0.29, 0.717) is 0 Å². The lowest BCUT2D eigenvalue weighted by molar-refractivity contribution is 0.321. The molecule has 0 amide bonds. The van der Waals surface area contributed by atoms with E-state index >= 15 is 0 Å². The molecule has 2 N–H and O–H groups in total. The summed E-state index contributed by atoms with van der Waals surface area (Å²) in [5, 5.41) is 0. The average molecular weight is 167 g/mol. The van der Waals surface area contributed by atoms with Crippen LogP contribution in [-0.4, -0.2) is 6.54 Å². The molecule has 0 radical (unpaired) electrons. The van der Waals surface area contributed by atoms with Crippen LogP contribution >= 0.6 is 0 Å². The van der Waals surface area contributed by atoms with Gasteiger partial charge in [0, 0.05) is 6.54 Å². The SMILES string of the molecule is CC(CN)=C1CCC(C)C(C)C1. The molecule has 1 rings (SSSR count).